The van der Waals surface area contributed by atoms with E-state index < -0.39 is 0 Å². The lowest BCUT2D eigenvalue weighted by molar-refractivity contribution is -0.121. The molecule has 2 aromatic rings. The van der Waals surface area contributed by atoms with E-state index in [-0.39, 0.29) is 23.8 Å². The van der Waals surface area contributed by atoms with E-state index in [0.717, 1.165) is 0 Å². The van der Waals surface area contributed by atoms with Crippen molar-refractivity contribution in [3.63, 3.8) is 0 Å². The Morgan fingerprint density at radius 1 is 0.955 bits per heavy atom. The zero-order valence-corrected chi connectivity index (χ0v) is 13.2. The molecule has 0 aliphatic rings. The molecule has 1 amide bonds. The molecular weight excluding hydrogens is 272 g/mol. The van der Waals surface area contributed by atoms with Crippen LogP contribution in [0.5, 0.6) is 0 Å². The van der Waals surface area contributed by atoms with Crippen LogP contribution in [-0.2, 0) is 4.79 Å². The van der Waals surface area contributed by atoms with Crippen LogP contribution in [0.3, 0.4) is 0 Å². The van der Waals surface area contributed by atoms with Crippen LogP contribution in [0.4, 0.5) is 0 Å². The van der Waals surface area contributed by atoms with Gasteiger partial charge in [-0.1, -0.05) is 74.5 Å². The number of carbonyl (C=O) groups excluding carboxylic acids is 1. The predicted octanol–water partition coefficient (Wildman–Crippen LogP) is 2.92. The van der Waals surface area contributed by atoms with Crippen LogP contribution in [0.15, 0.2) is 60.7 Å². The second-order valence-corrected chi connectivity index (χ2v) is 5.91. The van der Waals surface area contributed by atoms with Crippen molar-refractivity contribution in [2.24, 2.45) is 11.7 Å². The Morgan fingerprint density at radius 3 is 1.77 bits per heavy atom. The molecular formula is C19H24N2O. The maximum atomic E-state index is 11.6. The highest BCUT2D eigenvalue weighted by molar-refractivity contribution is 5.80. The molecule has 2 aromatic carbocycles. The second-order valence-electron chi connectivity index (χ2n) is 5.91. The molecule has 0 fully saturated rings. The van der Waals surface area contributed by atoms with E-state index in [1.807, 2.05) is 50.2 Å². The number of nitrogens with one attached hydrogen (secondary N) is 1. The minimum atomic E-state index is -0.310. The average molecular weight is 296 g/mol. The molecule has 0 aliphatic heterocycles. The van der Waals surface area contributed by atoms with Crippen LogP contribution in [0, 0.1) is 5.92 Å². The van der Waals surface area contributed by atoms with Gasteiger partial charge < -0.3 is 11.1 Å². The summed E-state index contributed by atoms with van der Waals surface area (Å²) < 4.78 is 0. The third-order valence-corrected chi connectivity index (χ3v) is 3.92. The Kier molecular flexibility index (Phi) is 5.73. The smallest absolute Gasteiger partial charge is 0.234 e. The van der Waals surface area contributed by atoms with Gasteiger partial charge in [0.05, 0.1) is 6.04 Å². The summed E-state index contributed by atoms with van der Waals surface area (Å²) in [7, 11) is 0. The van der Waals surface area contributed by atoms with Gasteiger partial charge in [-0.3, -0.25) is 4.79 Å². The number of benzene rings is 2. The van der Waals surface area contributed by atoms with E-state index in [9.17, 15) is 4.79 Å². The molecule has 22 heavy (non-hydrogen) atoms. The Labute approximate surface area is 132 Å². The predicted molar refractivity (Wildman–Crippen MR) is 90.6 cm³/mol. The van der Waals surface area contributed by atoms with Gasteiger partial charge in [-0.25, -0.2) is 0 Å². The molecule has 0 bridgehead atoms. The van der Waals surface area contributed by atoms with Crippen LogP contribution < -0.4 is 11.1 Å². The van der Waals surface area contributed by atoms with E-state index in [1.165, 1.54) is 11.1 Å². The van der Waals surface area contributed by atoms with Gasteiger partial charge >= 0.3 is 0 Å². The summed E-state index contributed by atoms with van der Waals surface area (Å²) in [5.41, 5.74) is 7.96. The summed E-state index contributed by atoms with van der Waals surface area (Å²) in [6.45, 7) is 4.69. The van der Waals surface area contributed by atoms with E-state index in [4.69, 9.17) is 5.73 Å². The van der Waals surface area contributed by atoms with Gasteiger partial charge in [-0.05, 0) is 17.0 Å². The lowest BCUT2D eigenvalue weighted by Crippen LogP contribution is -2.46. The van der Waals surface area contributed by atoms with Crippen LogP contribution in [0.2, 0.25) is 0 Å². The fraction of sp³-hybridized carbons (Fsp3) is 0.316. The first-order chi connectivity index (χ1) is 10.6. The van der Waals surface area contributed by atoms with Crippen LogP contribution in [0.1, 0.15) is 30.9 Å². The molecule has 0 radical (unpaired) electrons. The minimum absolute atomic E-state index is 0.171. The maximum absolute atomic E-state index is 11.6. The molecule has 0 aromatic heterocycles. The topological polar surface area (TPSA) is 55.1 Å². The molecule has 116 valence electrons. The molecule has 3 N–H and O–H groups in total. The fourth-order valence-corrected chi connectivity index (χ4v) is 2.71. The number of primary amides is 1. The first-order valence-electron chi connectivity index (χ1n) is 7.72. The third kappa shape index (κ3) is 4.18. The normalized spacial score (nSPS) is 12.5. The number of hydrogen-bond donors (Lipinski definition) is 2. The third-order valence-electron chi connectivity index (χ3n) is 3.92. The van der Waals surface area contributed by atoms with Crippen molar-refractivity contribution in [1.82, 2.24) is 5.32 Å². The summed E-state index contributed by atoms with van der Waals surface area (Å²) in [4.78, 5) is 11.6. The summed E-state index contributed by atoms with van der Waals surface area (Å²) in [6.07, 6.45) is 0. The molecule has 0 aliphatic carbocycles. The van der Waals surface area contributed by atoms with Crippen molar-refractivity contribution >= 4 is 5.91 Å². The van der Waals surface area contributed by atoms with Crippen molar-refractivity contribution < 1.29 is 4.79 Å². The molecule has 0 spiro atoms. The lowest BCUT2D eigenvalue weighted by Gasteiger charge is -2.24. The zero-order chi connectivity index (χ0) is 15.9. The van der Waals surface area contributed by atoms with Crippen molar-refractivity contribution in [1.29, 1.82) is 0 Å². The minimum Gasteiger partial charge on any atom is -0.368 e. The Balaban J connectivity index is 2.21. The number of rotatable bonds is 7. The Hall–Kier alpha value is -2.13. The van der Waals surface area contributed by atoms with E-state index in [1.54, 1.807) is 0 Å². The van der Waals surface area contributed by atoms with Gasteiger partial charge in [0.25, 0.3) is 0 Å². The first-order valence-corrected chi connectivity index (χ1v) is 7.72. The van der Waals surface area contributed by atoms with Crippen LogP contribution >= 0.6 is 0 Å². The molecule has 0 saturated heterocycles. The van der Waals surface area contributed by atoms with Gasteiger partial charge in [0.15, 0.2) is 0 Å². The van der Waals surface area contributed by atoms with Crippen molar-refractivity contribution in [3.8, 4) is 0 Å². The lowest BCUT2D eigenvalue weighted by atomic mass is 9.90. The molecule has 0 heterocycles. The highest BCUT2D eigenvalue weighted by Gasteiger charge is 2.21. The average Bonchev–Trinajstić information content (AvgIpc) is 2.52. The Morgan fingerprint density at radius 2 is 1.41 bits per heavy atom. The van der Waals surface area contributed by atoms with Gasteiger partial charge in [-0.2, -0.15) is 0 Å². The van der Waals surface area contributed by atoms with Gasteiger partial charge in [0, 0.05) is 12.5 Å². The number of carbonyl (C=O) groups is 1. The van der Waals surface area contributed by atoms with Gasteiger partial charge in [0.2, 0.25) is 5.91 Å². The maximum Gasteiger partial charge on any atom is 0.234 e. The van der Waals surface area contributed by atoms with E-state index in [2.05, 4.69) is 29.6 Å². The monoisotopic (exact) mass is 296 g/mol. The molecule has 2 rings (SSSR count). The quantitative estimate of drug-likeness (QED) is 0.825. The number of nitrogens with two attached hydrogens (primary N) is 1. The zero-order valence-electron chi connectivity index (χ0n) is 13.2. The number of hydrogen-bond acceptors (Lipinski definition) is 2. The highest BCUT2D eigenvalue weighted by atomic mass is 16.1. The first kappa shape index (κ1) is 16.2. The summed E-state index contributed by atoms with van der Waals surface area (Å²) in [5, 5.41) is 3.34. The van der Waals surface area contributed by atoms with Crippen molar-refractivity contribution in [2.45, 2.75) is 25.8 Å². The molecule has 1 atom stereocenters. The summed E-state index contributed by atoms with van der Waals surface area (Å²) in [5.74, 6) is 0.0718. The summed E-state index contributed by atoms with van der Waals surface area (Å²) >= 11 is 0. The van der Waals surface area contributed by atoms with Gasteiger partial charge in [0.1, 0.15) is 0 Å². The fourth-order valence-electron chi connectivity index (χ4n) is 2.71. The summed E-state index contributed by atoms with van der Waals surface area (Å²) in [6, 6.07) is 20.4. The largest absolute Gasteiger partial charge is 0.368 e. The Bertz CT molecular complexity index is 541. The SMILES string of the molecule is CC(C)[C@H](NCC(c1ccccc1)c1ccccc1)C(N)=O. The van der Waals surface area contributed by atoms with Crippen molar-refractivity contribution in [3.05, 3.63) is 71.8 Å². The highest BCUT2D eigenvalue weighted by Crippen LogP contribution is 2.24. The van der Waals surface area contributed by atoms with Crippen LogP contribution in [0.25, 0.3) is 0 Å². The molecule has 0 saturated carbocycles. The van der Waals surface area contributed by atoms with E-state index >= 15 is 0 Å². The molecule has 3 heteroatoms. The standard InChI is InChI=1S/C19H24N2O/c1-14(2)18(19(20)22)21-13-17(15-9-5-3-6-10-15)16-11-7-4-8-12-16/h3-12,14,17-18,21H,13H2,1-2H3,(H2,20,22)/t18-/m0/s1. The van der Waals surface area contributed by atoms with Gasteiger partial charge in [-0.15, -0.1) is 0 Å². The molecule has 0 unspecified atom stereocenters. The van der Waals surface area contributed by atoms with E-state index in [0.29, 0.717) is 6.54 Å². The number of amides is 1. The van der Waals surface area contributed by atoms with Crippen LogP contribution in [-0.4, -0.2) is 18.5 Å². The van der Waals surface area contributed by atoms with Crippen molar-refractivity contribution in [2.75, 3.05) is 6.54 Å². The second kappa shape index (κ2) is 7.76. The molecule has 3 nitrogen and oxygen atoms in total.